The Bertz CT molecular complexity index is 336. The zero-order chi connectivity index (χ0) is 22.6. The molecule has 0 rings (SSSR count). The molecule has 0 amide bonds. The molecule has 0 aromatic carbocycles. The van der Waals surface area contributed by atoms with Crippen LogP contribution in [0.1, 0.15) is 110 Å². The van der Waals surface area contributed by atoms with Gasteiger partial charge in [-0.05, 0) is 51.4 Å². The molecule has 0 N–H and O–H groups in total. The molecule has 0 aliphatic carbocycles. The van der Waals surface area contributed by atoms with Crippen LogP contribution in [0.25, 0.3) is 0 Å². The average molecular weight is 423 g/mol. The van der Waals surface area contributed by atoms with Gasteiger partial charge in [-0.25, -0.2) is 0 Å². The Labute approximate surface area is 188 Å². The van der Waals surface area contributed by atoms with Gasteiger partial charge in [0.25, 0.3) is 0 Å². The molecule has 4 nitrogen and oxygen atoms in total. The fourth-order valence-corrected chi connectivity index (χ4v) is 2.53. The number of unbranched alkanes of at least 4 members (excludes halogenated alkanes) is 12. The third-order valence-electron chi connectivity index (χ3n) is 4.08. The number of rotatable bonds is 18. The van der Waals surface area contributed by atoms with E-state index in [9.17, 15) is 19.8 Å². The van der Waals surface area contributed by atoms with Crippen LogP contribution in [0.15, 0.2) is 25.3 Å². The van der Waals surface area contributed by atoms with E-state index in [-0.39, 0.29) is 12.8 Å². The van der Waals surface area contributed by atoms with Gasteiger partial charge in [0.1, 0.15) is 0 Å². The van der Waals surface area contributed by atoms with E-state index in [2.05, 4.69) is 36.4 Å². The number of hydrogen-bond donors (Lipinski definition) is 0. The Hall–Kier alpha value is -1.05. The van der Waals surface area contributed by atoms with Crippen LogP contribution in [-0.4, -0.2) is 28.2 Å². The number of carboxylic acids is 2. The minimum atomic E-state index is -0.924. The molecule has 0 unspecified atom stereocenters. The van der Waals surface area contributed by atoms with Gasteiger partial charge in [-0.2, -0.15) is 0 Å². The van der Waals surface area contributed by atoms with Crippen molar-refractivity contribution in [1.82, 2.24) is 0 Å². The van der Waals surface area contributed by atoms with E-state index in [1.807, 2.05) is 12.2 Å². The third-order valence-corrected chi connectivity index (χ3v) is 4.08. The minimum absolute atomic E-state index is 0.215. The molecular formula is C24H43AlO4. The van der Waals surface area contributed by atoms with Crippen molar-refractivity contribution in [2.24, 2.45) is 0 Å². The summed E-state index contributed by atoms with van der Waals surface area (Å²) in [6.45, 7) is 9.40. The fourth-order valence-electron chi connectivity index (χ4n) is 2.53. The normalized spacial score (nSPS) is 9.48. The van der Waals surface area contributed by atoms with Crippen molar-refractivity contribution < 1.29 is 19.8 Å². The molecule has 0 aromatic rings. The second-order valence-corrected chi connectivity index (χ2v) is 7.87. The van der Waals surface area contributed by atoms with E-state index >= 15 is 0 Å². The van der Waals surface area contributed by atoms with Crippen LogP contribution in [0.3, 0.4) is 0 Å². The number of allylic oxidation sites excluding steroid dienone is 2. The van der Waals surface area contributed by atoms with Gasteiger partial charge in [-0.3, -0.25) is 0 Å². The van der Waals surface area contributed by atoms with E-state index in [1.165, 1.54) is 43.8 Å². The number of aliphatic carboxylic acids is 2. The average Bonchev–Trinajstić information content (AvgIpc) is 2.67. The van der Waals surface area contributed by atoms with Gasteiger partial charge in [0.15, 0.2) is 0 Å². The van der Waals surface area contributed by atoms with Crippen LogP contribution in [0.4, 0.5) is 0 Å². The summed E-state index contributed by atoms with van der Waals surface area (Å²) in [7, 11) is 0. The van der Waals surface area contributed by atoms with Crippen LogP contribution in [0.5, 0.6) is 0 Å². The van der Waals surface area contributed by atoms with Crippen LogP contribution in [0.2, 0.25) is 5.28 Å². The maximum atomic E-state index is 10.1. The van der Waals surface area contributed by atoms with Gasteiger partial charge in [0.05, 0.1) is 0 Å². The molecule has 0 atom stereocenters. The number of carbonyl (C=O) groups is 2. The topological polar surface area (TPSA) is 80.3 Å². The molecule has 166 valence electrons. The van der Waals surface area contributed by atoms with Gasteiger partial charge >= 0.3 is 28.5 Å². The summed E-state index contributed by atoms with van der Waals surface area (Å²) < 4.78 is 0. The molecule has 0 aliphatic heterocycles. The summed E-state index contributed by atoms with van der Waals surface area (Å²) in [5.74, 6) is -1.85. The third kappa shape index (κ3) is 46.7. The number of carbonyl (C=O) groups excluding carboxylic acids is 2. The standard InChI is InChI=1S/2C11H20O2.C2H5.Al/c2*1-2-3-4-5-6-7-8-9-10-11(12)13;1-2;/h2*2H,1,3-10H2,(H,12,13);1H2,2H3;/q;;;+2/p-2. The summed E-state index contributed by atoms with van der Waals surface area (Å²) >= 11 is 2.58. The van der Waals surface area contributed by atoms with Gasteiger partial charge in [-0.15, -0.1) is 13.2 Å². The zero-order valence-electron chi connectivity index (χ0n) is 18.8. The monoisotopic (exact) mass is 422 g/mol. The quantitative estimate of drug-likeness (QED) is 0.182. The molecule has 0 aromatic heterocycles. The van der Waals surface area contributed by atoms with Crippen LogP contribution in [0, 0.1) is 0 Å². The van der Waals surface area contributed by atoms with Crippen molar-refractivity contribution in [3.8, 4) is 0 Å². The predicted molar refractivity (Wildman–Crippen MR) is 121 cm³/mol. The van der Waals surface area contributed by atoms with Gasteiger partial charge < -0.3 is 19.8 Å². The van der Waals surface area contributed by atoms with E-state index in [0.717, 1.165) is 51.4 Å². The van der Waals surface area contributed by atoms with Gasteiger partial charge in [0, 0.05) is 11.9 Å². The second-order valence-electron chi connectivity index (χ2n) is 7.05. The second kappa shape index (κ2) is 31.6. The molecule has 0 aliphatic rings. The van der Waals surface area contributed by atoms with E-state index in [0.29, 0.717) is 0 Å². The van der Waals surface area contributed by atoms with Crippen LogP contribution >= 0.6 is 0 Å². The molecule has 29 heavy (non-hydrogen) atoms. The summed E-state index contributed by atoms with van der Waals surface area (Å²) in [6.07, 6.45) is 19.7. The first-order valence-electron chi connectivity index (χ1n) is 11.3. The van der Waals surface area contributed by atoms with Gasteiger partial charge in [-0.1, -0.05) is 63.5 Å². The molecule has 0 radical (unpaired) electrons. The Morgan fingerprint density at radius 3 is 1.14 bits per heavy atom. The van der Waals surface area contributed by atoms with Crippen molar-refractivity contribution in [1.29, 1.82) is 0 Å². The van der Waals surface area contributed by atoms with Crippen LogP contribution in [-0.2, 0) is 9.59 Å². The Morgan fingerprint density at radius 2 is 0.897 bits per heavy atom. The SMILES string of the molecule is C=CCCCCCCCCC(=O)[O-].C=CCCCCCCCCC(=O)[O-].C[CH2][Al+2]. The van der Waals surface area contributed by atoms with E-state index in [1.54, 1.807) is 0 Å². The van der Waals surface area contributed by atoms with Crippen molar-refractivity contribution in [2.75, 3.05) is 0 Å². The summed E-state index contributed by atoms with van der Waals surface area (Å²) in [4.78, 5) is 20.1. The summed E-state index contributed by atoms with van der Waals surface area (Å²) in [5.41, 5.74) is 0. The first kappa shape index (κ1) is 32.6. The van der Waals surface area contributed by atoms with Crippen molar-refractivity contribution in [3.05, 3.63) is 25.3 Å². The number of carboxylic acid groups (broad SMARTS) is 2. The van der Waals surface area contributed by atoms with Crippen molar-refractivity contribution >= 4 is 28.2 Å². The molecule has 0 spiro atoms. The van der Waals surface area contributed by atoms with Gasteiger partial charge in [0.2, 0.25) is 0 Å². The Balaban J connectivity index is -0.000000410. The Kier molecular flexibility index (Phi) is 35.6. The van der Waals surface area contributed by atoms with Crippen molar-refractivity contribution in [3.63, 3.8) is 0 Å². The van der Waals surface area contributed by atoms with E-state index in [4.69, 9.17) is 0 Å². The predicted octanol–water partition coefficient (Wildman–Crippen LogP) is 4.68. The molecule has 0 heterocycles. The van der Waals surface area contributed by atoms with Crippen LogP contribution < -0.4 is 10.2 Å². The van der Waals surface area contributed by atoms with Crippen molar-refractivity contribution in [2.45, 2.75) is 115 Å². The molecule has 0 saturated heterocycles. The molecule has 5 heteroatoms. The first-order valence-corrected chi connectivity index (χ1v) is 12.1. The summed E-state index contributed by atoms with van der Waals surface area (Å²) in [6, 6.07) is 0. The molecular weight excluding hydrogens is 379 g/mol. The number of hydrogen-bond acceptors (Lipinski definition) is 4. The summed E-state index contributed by atoms with van der Waals surface area (Å²) in [5, 5.41) is 21.3. The molecule has 0 bridgehead atoms. The Morgan fingerprint density at radius 1 is 0.655 bits per heavy atom. The molecule has 0 fully saturated rings. The van der Waals surface area contributed by atoms with E-state index < -0.39 is 11.9 Å². The first-order chi connectivity index (χ1) is 14.0. The zero-order valence-corrected chi connectivity index (χ0v) is 20.0. The molecule has 0 saturated carbocycles. The fraction of sp³-hybridized carbons (Fsp3) is 0.750. The maximum absolute atomic E-state index is 10.1.